The molecule has 1 heterocycles. The van der Waals surface area contributed by atoms with Crippen LogP contribution in [0.25, 0.3) is 0 Å². The smallest absolute Gasteiger partial charge is 0.230 e. The Hall–Kier alpha value is -1.14. The van der Waals surface area contributed by atoms with Crippen LogP contribution >= 0.6 is 0 Å². The van der Waals surface area contributed by atoms with Gasteiger partial charge in [0, 0.05) is 0 Å². The van der Waals surface area contributed by atoms with Crippen LogP contribution in [0.2, 0.25) is 0 Å². The molecule has 0 radical (unpaired) electrons. The second-order valence-electron chi connectivity index (χ2n) is 4.04. The number of hydrogen-bond donors (Lipinski definition) is 2. The van der Waals surface area contributed by atoms with Crippen molar-refractivity contribution in [1.82, 2.24) is 0 Å². The maximum atomic E-state index is 10.9. The normalized spacial score (nSPS) is 24.3. The molecule has 15 heavy (non-hydrogen) atoms. The fourth-order valence-corrected chi connectivity index (χ4v) is 1.51. The van der Waals surface area contributed by atoms with Gasteiger partial charge in [0.1, 0.15) is 5.92 Å². The van der Waals surface area contributed by atoms with Gasteiger partial charge in [-0.25, -0.2) is 0 Å². The van der Waals surface area contributed by atoms with Crippen molar-refractivity contribution in [3.8, 4) is 0 Å². The van der Waals surface area contributed by atoms with Gasteiger partial charge in [0.15, 0.2) is 5.79 Å². The molecule has 0 saturated carbocycles. The monoisotopic (exact) mass is 216 g/mol. The lowest BCUT2D eigenvalue weighted by Crippen LogP contribution is -2.38. The lowest BCUT2D eigenvalue weighted by atomic mass is 10.0. The van der Waals surface area contributed by atoms with Gasteiger partial charge in [-0.05, 0) is 20.3 Å². The first kappa shape index (κ1) is 11.9. The summed E-state index contributed by atoms with van der Waals surface area (Å²) in [6.07, 6.45) is -0.140. The fraction of sp³-hybridized carbons (Fsp3) is 0.778. The van der Waals surface area contributed by atoms with Crippen LogP contribution in [0.1, 0.15) is 20.3 Å². The minimum Gasteiger partial charge on any atom is -0.369 e. The molecular formula is C9H16N2O4. The van der Waals surface area contributed by atoms with E-state index in [1.165, 1.54) is 0 Å². The molecule has 1 atom stereocenters. The van der Waals surface area contributed by atoms with Crippen molar-refractivity contribution < 1.29 is 19.1 Å². The number of carbonyl (C=O) groups is 2. The highest BCUT2D eigenvalue weighted by Crippen LogP contribution is 2.26. The summed E-state index contributed by atoms with van der Waals surface area (Å²) < 4.78 is 10.7. The summed E-state index contributed by atoms with van der Waals surface area (Å²) in [5.74, 6) is -3.12. The van der Waals surface area contributed by atoms with Crippen LogP contribution in [-0.4, -0.2) is 30.3 Å². The maximum Gasteiger partial charge on any atom is 0.230 e. The molecule has 86 valence electrons. The van der Waals surface area contributed by atoms with Crippen LogP contribution in [0.5, 0.6) is 0 Å². The summed E-state index contributed by atoms with van der Waals surface area (Å²) in [6, 6.07) is 0. The summed E-state index contributed by atoms with van der Waals surface area (Å²) in [6.45, 7) is 3.86. The zero-order chi connectivity index (χ0) is 11.6. The second-order valence-corrected chi connectivity index (χ2v) is 4.04. The van der Waals surface area contributed by atoms with E-state index < -0.39 is 23.5 Å². The molecule has 4 N–H and O–H groups in total. The SMILES string of the molecule is CC1(C)OCC(CC(C(N)=O)C(N)=O)O1. The molecule has 0 aromatic carbocycles. The van der Waals surface area contributed by atoms with E-state index >= 15 is 0 Å². The quantitative estimate of drug-likeness (QED) is 0.595. The Bertz CT molecular complexity index is 263. The zero-order valence-corrected chi connectivity index (χ0v) is 8.86. The molecular weight excluding hydrogens is 200 g/mol. The van der Waals surface area contributed by atoms with E-state index in [0.717, 1.165) is 0 Å². The third-order valence-electron chi connectivity index (χ3n) is 2.25. The number of nitrogens with two attached hydrogens (primary N) is 2. The average Bonchev–Trinajstić information content (AvgIpc) is 2.40. The molecule has 0 aromatic heterocycles. The van der Waals surface area contributed by atoms with E-state index in [1.807, 2.05) is 0 Å². The Labute approximate surface area is 87.9 Å². The molecule has 1 rings (SSSR count). The van der Waals surface area contributed by atoms with Crippen molar-refractivity contribution in [2.24, 2.45) is 17.4 Å². The Kier molecular flexibility index (Phi) is 3.31. The van der Waals surface area contributed by atoms with Crippen LogP contribution in [0.4, 0.5) is 0 Å². The largest absolute Gasteiger partial charge is 0.369 e. The topological polar surface area (TPSA) is 105 Å². The summed E-state index contributed by atoms with van der Waals surface area (Å²) in [7, 11) is 0. The first-order valence-corrected chi connectivity index (χ1v) is 4.72. The van der Waals surface area contributed by atoms with Crippen LogP contribution in [-0.2, 0) is 19.1 Å². The molecule has 0 aliphatic carbocycles. The Morgan fingerprint density at radius 1 is 1.40 bits per heavy atom. The lowest BCUT2D eigenvalue weighted by Gasteiger charge is -2.18. The molecule has 1 fully saturated rings. The predicted octanol–water partition coefficient (Wildman–Crippen LogP) is -0.885. The van der Waals surface area contributed by atoms with Crippen LogP contribution in [0.15, 0.2) is 0 Å². The van der Waals surface area contributed by atoms with Gasteiger partial charge in [0.05, 0.1) is 12.7 Å². The highest BCUT2D eigenvalue weighted by atomic mass is 16.7. The third kappa shape index (κ3) is 3.17. The predicted molar refractivity (Wildman–Crippen MR) is 51.4 cm³/mol. The number of rotatable bonds is 4. The molecule has 2 amide bonds. The van der Waals surface area contributed by atoms with E-state index in [1.54, 1.807) is 13.8 Å². The van der Waals surface area contributed by atoms with Gasteiger partial charge in [-0.1, -0.05) is 0 Å². The number of hydrogen-bond acceptors (Lipinski definition) is 4. The van der Waals surface area contributed by atoms with E-state index in [-0.39, 0.29) is 12.5 Å². The van der Waals surface area contributed by atoms with Gasteiger partial charge in [-0.3, -0.25) is 9.59 Å². The molecule has 0 spiro atoms. The average molecular weight is 216 g/mol. The van der Waals surface area contributed by atoms with E-state index in [0.29, 0.717) is 6.61 Å². The van der Waals surface area contributed by atoms with Crippen molar-refractivity contribution in [2.75, 3.05) is 6.61 Å². The molecule has 0 aromatic rings. The van der Waals surface area contributed by atoms with Gasteiger partial charge in [-0.15, -0.1) is 0 Å². The molecule has 1 unspecified atom stereocenters. The standard InChI is InChI=1S/C9H16N2O4/c1-9(2)14-4-5(15-9)3-6(7(10)12)8(11)13/h5-6H,3-4H2,1-2H3,(H2,10,12)(H2,11,13). The van der Waals surface area contributed by atoms with E-state index in [9.17, 15) is 9.59 Å². The van der Waals surface area contributed by atoms with E-state index in [2.05, 4.69) is 0 Å². The summed E-state index contributed by atoms with van der Waals surface area (Å²) in [5, 5.41) is 0. The fourth-order valence-electron chi connectivity index (χ4n) is 1.51. The van der Waals surface area contributed by atoms with Gasteiger partial charge >= 0.3 is 0 Å². The molecule has 6 nitrogen and oxygen atoms in total. The van der Waals surface area contributed by atoms with Crippen LogP contribution < -0.4 is 11.5 Å². The number of ether oxygens (including phenoxy) is 2. The van der Waals surface area contributed by atoms with Gasteiger partial charge < -0.3 is 20.9 Å². The minimum atomic E-state index is -0.993. The Morgan fingerprint density at radius 3 is 2.27 bits per heavy atom. The highest BCUT2D eigenvalue weighted by molar-refractivity contribution is 5.98. The van der Waals surface area contributed by atoms with Crippen LogP contribution in [0.3, 0.4) is 0 Å². The lowest BCUT2D eigenvalue weighted by molar-refractivity contribution is -0.145. The Balaban J connectivity index is 2.54. The zero-order valence-electron chi connectivity index (χ0n) is 8.86. The summed E-state index contributed by atoms with van der Waals surface area (Å²) in [5.41, 5.74) is 10.1. The van der Waals surface area contributed by atoms with Crippen molar-refractivity contribution in [3.63, 3.8) is 0 Å². The molecule has 1 aliphatic rings. The highest BCUT2D eigenvalue weighted by Gasteiger charge is 2.36. The molecule has 1 saturated heterocycles. The molecule has 0 bridgehead atoms. The van der Waals surface area contributed by atoms with Gasteiger partial charge in [0.25, 0.3) is 0 Å². The minimum absolute atomic E-state index is 0.175. The first-order chi connectivity index (χ1) is 6.82. The van der Waals surface area contributed by atoms with Crippen molar-refractivity contribution in [3.05, 3.63) is 0 Å². The van der Waals surface area contributed by atoms with Crippen molar-refractivity contribution in [2.45, 2.75) is 32.2 Å². The van der Waals surface area contributed by atoms with Crippen molar-refractivity contribution in [1.29, 1.82) is 0 Å². The van der Waals surface area contributed by atoms with Gasteiger partial charge in [-0.2, -0.15) is 0 Å². The third-order valence-corrected chi connectivity index (χ3v) is 2.25. The summed E-state index contributed by atoms with van der Waals surface area (Å²) >= 11 is 0. The summed E-state index contributed by atoms with van der Waals surface area (Å²) in [4.78, 5) is 21.8. The second kappa shape index (κ2) is 4.16. The number of primary amides is 2. The van der Waals surface area contributed by atoms with Crippen molar-refractivity contribution >= 4 is 11.8 Å². The van der Waals surface area contributed by atoms with Crippen LogP contribution in [0, 0.1) is 5.92 Å². The molecule has 6 heteroatoms. The number of carbonyl (C=O) groups excluding carboxylic acids is 2. The number of amides is 2. The molecule has 1 aliphatic heterocycles. The first-order valence-electron chi connectivity index (χ1n) is 4.72. The Morgan fingerprint density at radius 2 is 1.93 bits per heavy atom. The van der Waals surface area contributed by atoms with Gasteiger partial charge in [0.2, 0.25) is 11.8 Å². The van der Waals surface area contributed by atoms with E-state index in [4.69, 9.17) is 20.9 Å². The maximum absolute atomic E-state index is 10.9.